The minimum atomic E-state index is -0.495. The van der Waals surface area contributed by atoms with E-state index in [1.807, 2.05) is 0 Å². The van der Waals surface area contributed by atoms with Crippen LogP contribution in [0.2, 0.25) is 5.02 Å². The second-order valence-corrected chi connectivity index (χ2v) is 7.17. The molecule has 0 aliphatic heterocycles. The summed E-state index contributed by atoms with van der Waals surface area (Å²) >= 11 is 6.37. The largest absolute Gasteiger partial charge is 0.497 e. The molecule has 0 spiro atoms. The fraction of sp³-hybridized carbons (Fsp3) is 0.174. The lowest BCUT2D eigenvalue weighted by Gasteiger charge is -2.24. The normalized spacial score (nSPS) is 10.5. The molecule has 3 aromatic rings. The van der Waals surface area contributed by atoms with Gasteiger partial charge in [0.05, 0.1) is 7.11 Å². The van der Waals surface area contributed by atoms with Crippen molar-refractivity contribution >= 4 is 23.4 Å². The molecule has 160 valence electrons. The Morgan fingerprint density at radius 1 is 1.13 bits per heavy atom. The van der Waals surface area contributed by atoms with Gasteiger partial charge in [0.1, 0.15) is 17.3 Å². The highest BCUT2D eigenvalue weighted by atomic mass is 35.5. The number of carbonyl (C=O) groups is 2. The van der Waals surface area contributed by atoms with Crippen molar-refractivity contribution in [1.29, 1.82) is 0 Å². The fourth-order valence-electron chi connectivity index (χ4n) is 2.99. The Bertz CT molecular complexity index is 1090. The average molecular weight is 442 g/mol. The minimum absolute atomic E-state index is 0.190. The van der Waals surface area contributed by atoms with Crippen LogP contribution in [0.15, 0.2) is 60.8 Å². The molecule has 0 saturated carbocycles. The third-order valence-corrected chi connectivity index (χ3v) is 4.99. The van der Waals surface area contributed by atoms with E-state index < -0.39 is 5.82 Å². The molecule has 0 fully saturated rings. The van der Waals surface area contributed by atoms with Crippen LogP contribution in [0, 0.1) is 5.82 Å². The molecule has 0 unspecified atom stereocenters. The number of pyridine rings is 1. The number of benzene rings is 2. The molecular formula is C23H21ClFN3O3. The van der Waals surface area contributed by atoms with Gasteiger partial charge in [0.2, 0.25) is 0 Å². The van der Waals surface area contributed by atoms with E-state index in [0.29, 0.717) is 21.9 Å². The van der Waals surface area contributed by atoms with E-state index in [1.54, 1.807) is 48.4 Å². The summed E-state index contributed by atoms with van der Waals surface area (Å²) in [5.41, 5.74) is 1.91. The summed E-state index contributed by atoms with van der Waals surface area (Å²) in [4.78, 5) is 30.6. The van der Waals surface area contributed by atoms with E-state index in [-0.39, 0.29) is 36.2 Å². The van der Waals surface area contributed by atoms with Gasteiger partial charge < -0.3 is 15.0 Å². The number of carbonyl (C=O) groups excluding carboxylic acids is 2. The van der Waals surface area contributed by atoms with Crippen molar-refractivity contribution in [2.45, 2.75) is 13.1 Å². The third-order valence-electron chi connectivity index (χ3n) is 4.64. The van der Waals surface area contributed by atoms with Gasteiger partial charge in [0.25, 0.3) is 11.8 Å². The molecule has 1 heterocycles. The van der Waals surface area contributed by atoms with Crippen molar-refractivity contribution in [2.75, 3.05) is 14.2 Å². The highest BCUT2D eigenvalue weighted by molar-refractivity contribution is 6.31. The summed E-state index contributed by atoms with van der Waals surface area (Å²) in [6.45, 7) is 0.383. The summed E-state index contributed by atoms with van der Waals surface area (Å²) in [6, 6.07) is 14.0. The van der Waals surface area contributed by atoms with Gasteiger partial charge in [-0.25, -0.2) is 4.39 Å². The van der Waals surface area contributed by atoms with Gasteiger partial charge in [-0.1, -0.05) is 29.8 Å². The lowest BCUT2D eigenvalue weighted by Crippen LogP contribution is -2.30. The van der Waals surface area contributed by atoms with Gasteiger partial charge in [-0.05, 0) is 47.5 Å². The maximum absolute atomic E-state index is 13.7. The van der Waals surface area contributed by atoms with Crippen molar-refractivity contribution in [3.05, 3.63) is 94.0 Å². The van der Waals surface area contributed by atoms with E-state index in [2.05, 4.69) is 10.3 Å². The number of methoxy groups -OCH3 is 1. The highest BCUT2D eigenvalue weighted by Gasteiger charge is 2.19. The minimum Gasteiger partial charge on any atom is -0.497 e. The maximum atomic E-state index is 13.7. The van der Waals surface area contributed by atoms with E-state index in [4.69, 9.17) is 16.3 Å². The van der Waals surface area contributed by atoms with Gasteiger partial charge in [-0.3, -0.25) is 14.6 Å². The van der Waals surface area contributed by atoms with E-state index in [9.17, 15) is 14.0 Å². The van der Waals surface area contributed by atoms with Crippen LogP contribution in [0.1, 0.15) is 32.0 Å². The molecule has 0 atom stereocenters. The van der Waals surface area contributed by atoms with E-state index >= 15 is 0 Å². The fourth-order valence-corrected chi connectivity index (χ4v) is 3.22. The van der Waals surface area contributed by atoms with Gasteiger partial charge in [0.15, 0.2) is 0 Å². The topological polar surface area (TPSA) is 71.5 Å². The smallest absolute Gasteiger partial charge is 0.269 e. The van der Waals surface area contributed by atoms with Gasteiger partial charge >= 0.3 is 0 Å². The Kier molecular flexibility index (Phi) is 7.20. The Labute approximate surface area is 184 Å². The van der Waals surface area contributed by atoms with Gasteiger partial charge in [-0.15, -0.1) is 0 Å². The quantitative estimate of drug-likeness (QED) is 0.599. The lowest BCUT2D eigenvalue weighted by atomic mass is 10.1. The zero-order valence-corrected chi connectivity index (χ0v) is 17.8. The number of hydrogen-bond acceptors (Lipinski definition) is 4. The number of nitrogens with zero attached hydrogens (tertiary/aromatic N) is 2. The first-order valence-corrected chi connectivity index (χ1v) is 9.83. The second kappa shape index (κ2) is 10.0. The molecule has 0 bridgehead atoms. The average Bonchev–Trinajstić information content (AvgIpc) is 2.79. The molecule has 3 rings (SSSR count). The van der Waals surface area contributed by atoms with Crippen LogP contribution in [0.5, 0.6) is 5.75 Å². The first-order valence-electron chi connectivity index (χ1n) is 9.45. The molecule has 0 saturated heterocycles. The Hall–Kier alpha value is -3.45. The summed E-state index contributed by atoms with van der Waals surface area (Å²) in [5.74, 6) is -0.554. The van der Waals surface area contributed by atoms with Crippen LogP contribution >= 0.6 is 11.6 Å². The van der Waals surface area contributed by atoms with Crippen molar-refractivity contribution in [1.82, 2.24) is 15.2 Å². The van der Waals surface area contributed by atoms with Crippen LogP contribution in [-0.4, -0.2) is 35.9 Å². The molecule has 0 aliphatic rings. The first kappa shape index (κ1) is 22.2. The molecule has 2 aromatic carbocycles. The summed E-state index contributed by atoms with van der Waals surface area (Å²) in [7, 11) is 3.07. The van der Waals surface area contributed by atoms with Crippen LogP contribution in [0.3, 0.4) is 0 Å². The lowest BCUT2D eigenvalue weighted by molar-refractivity contribution is 0.0729. The number of rotatable bonds is 7. The van der Waals surface area contributed by atoms with Gasteiger partial charge in [-0.2, -0.15) is 0 Å². The Morgan fingerprint density at radius 2 is 1.94 bits per heavy atom. The van der Waals surface area contributed by atoms with Crippen molar-refractivity contribution in [3.8, 4) is 5.75 Å². The molecule has 6 nitrogen and oxygen atoms in total. The van der Waals surface area contributed by atoms with E-state index in [0.717, 1.165) is 0 Å². The number of ether oxygens (including phenoxy) is 1. The van der Waals surface area contributed by atoms with Crippen LogP contribution in [-0.2, 0) is 13.1 Å². The summed E-state index contributed by atoms with van der Waals surface area (Å²) in [6.07, 6.45) is 1.53. The number of aromatic nitrogens is 1. The zero-order valence-electron chi connectivity index (χ0n) is 17.1. The number of halogens is 2. The molecular weight excluding hydrogens is 421 g/mol. The Balaban J connectivity index is 1.90. The molecule has 2 amide bonds. The zero-order chi connectivity index (χ0) is 22.4. The number of amides is 2. The molecule has 31 heavy (non-hydrogen) atoms. The predicted molar refractivity (Wildman–Crippen MR) is 116 cm³/mol. The second-order valence-electron chi connectivity index (χ2n) is 6.76. The van der Waals surface area contributed by atoms with Crippen molar-refractivity contribution in [3.63, 3.8) is 0 Å². The standard InChI is InChI=1S/C23H21ClFN3O3/c1-26-22(29)21-9-6-15(12-27-21)13-28(23(30)16-4-3-5-18(25)10-16)14-17-7-8-19(31-2)11-20(17)24/h3-12H,13-14H2,1-2H3,(H,26,29). The monoisotopic (exact) mass is 441 g/mol. The molecule has 1 N–H and O–H groups in total. The molecule has 8 heteroatoms. The molecule has 0 radical (unpaired) electrons. The molecule has 1 aromatic heterocycles. The molecule has 0 aliphatic carbocycles. The Morgan fingerprint density at radius 3 is 2.55 bits per heavy atom. The van der Waals surface area contributed by atoms with Crippen molar-refractivity contribution in [2.24, 2.45) is 0 Å². The highest BCUT2D eigenvalue weighted by Crippen LogP contribution is 2.25. The summed E-state index contributed by atoms with van der Waals surface area (Å²) < 4.78 is 18.9. The SMILES string of the molecule is CNC(=O)c1ccc(CN(Cc2ccc(OC)cc2Cl)C(=O)c2cccc(F)c2)cn1. The predicted octanol–water partition coefficient (Wildman–Crippen LogP) is 4.08. The van der Waals surface area contributed by atoms with Crippen molar-refractivity contribution < 1.29 is 18.7 Å². The third kappa shape index (κ3) is 5.58. The number of nitrogens with one attached hydrogen (secondary N) is 1. The van der Waals surface area contributed by atoms with Crippen LogP contribution in [0.4, 0.5) is 4.39 Å². The van der Waals surface area contributed by atoms with Crippen LogP contribution < -0.4 is 10.1 Å². The van der Waals surface area contributed by atoms with E-state index in [1.165, 1.54) is 31.4 Å². The number of hydrogen-bond donors (Lipinski definition) is 1. The maximum Gasteiger partial charge on any atom is 0.269 e. The van der Waals surface area contributed by atoms with Crippen LogP contribution in [0.25, 0.3) is 0 Å². The first-order chi connectivity index (χ1) is 14.9. The van der Waals surface area contributed by atoms with Gasteiger partial charge in [0, 0.05) is 36.9 Å². The summed E-state index contributed by atoms with van der Waals surface area (Å²) in [5, 5.41) is 2.96.